The first-order valence-corrected chi connectivity index (χ1v) is 11.9. The van der Waals surface area contributed by atoms with Gasteiger partial charge in [0.25, 0.3) is 0 Å². The lowest BCUT2D eigenvalue weighted by Gasteiger charge is -2.38. The van der Waals surface area contributed by atoms with E-state index in [9.17, 15) is 4.79 Å². The Hall–Kier alpha value is -2.95. The van der Waals surface area contributed by atoms with Gasteiger partial charge in [0.05, 0.1) is 13.2 Å². The van der Waals surface area contributed by atoms with Crippen molar-refractivity contribution in [1.82, 2.24) is 4.90 Å². The number of carbonyl (C=O) groups excluding carboxylic acids is 1. The van der Waals surface area contributed by atoms with Crippen LogP contribution in [0.25, 0.3) is 5.57 Å². The lowest BCUT2D eigenvalue weighted by atomic mass is 9.91. The third-order valence-corrected chi connectivity index (χ3v) is 6.59. The van der Waals surface area contributed by atoms with Gasteiger partial charge in [-0.1, -0.05) is 73.9 Å². The normalized spacial score (nSPS) is 19.1. The maximum Gasteiger partial charge on any atom is 0.227 e. The minimum absolute atomic E-state index is 0.205. The fourth-order valence-electron chi connectivity index (χ4n) is 4.85. The van der Waals surface area contributed by atoms with E-state index in [1.807, 2.05) is 23.1 Å². The number of benzene rings is 2. The zero-order valence-electron chi connectivity index (χ0n) is 19.4. The summed E-state index contributed by atoms with van der Waals surface area (Å²) in [6.45, 7) is 13.0. The lowest BCUT2D eigenvalue weighted by Crippen LogP contribution is -2.46. The Morgan fingerprint density at radius 2 is 1.82 bits per heavy atom. The molecule has 33 heavy (non-hydrogen) atoms. The van der Waals surface area contributed by atoms with E-state index in [1.54, 1.807) is 6.08 Å². The number of morpholine rings is 1. The van der Waals surface area contributed by atoms with Crippen LogP contribution in [-0.2, 0) is 22.4 Å². The summed E-state index contributed by atoms with van der Waals surface area (Å²) in [5.74, 6) is 0.659. The van der Waals surface area contributed by atoms with Crippen LogP contribution in [0.3, 0.4) is 0 Å². The zero-order valence-corrected chi connectivity index (χ0v) is 19.4. The summed E-state index contributed by atoms with van der Waals surface area (Å²) in [6, 6.07) is 16.8. The molecule has 4 rings (SSSR count). The molecule has 0 N–H and O–H groups in total. The highest BCUT2D eigenvalue weighted by atomic mass is 16.5. The van der Waals surface area contributed by atoms with Gasteiger partial charge in [0, 0.05) is 38.3 Å². The predicted octanol–water partition coefficient (Wildman–Crippen LogP) is 4.91. The summed E-state index contributed by atoms with van der Waals surface area (Å²) < 4.78 is 5.50. The molecule has 2 heterocycles. The second kappa shape index (κ2) is 11.3. The molecule has 2 aliphatic rings. The van der Waals surface area contributed by atoms with E-state index in [2.05, 4.69) is 60.5 Å². The first-order valence-electron chi connectivity index (χ1n) is 11.9. The van der Waals surface area contributed by atoms with Crippen molar-refractivity contribution < 1.29 is 9.53 Å². The van der Waals surface area contributed by atoms with Crippen LogP contribution in [-0.4, -0.2) is 50.2 Å². The summed E-state index contributed by atoms with van der Waals surface area (Å²) in [5, 5.41) is 0. The number of aryl methyl sites for hydroxylation is 1. The van der Waals surface area contributed by atoms with Crippen LogP contribution < -0.4 is 4.90 Å². The fraction of sp³-hybridized carbons (Fsp3) is 0.345. The second-order valence-corrected chi connectivity index (χ2v) is 8.87. The van der Waals surface area contributed by atoms with Crippen LogP contribution in [0.5, 0.6) is 0 Å². The Balaban J connectivity index is 1.41. The molecular weight excluding hydrogens is 408 g/mol. The van der Waals surface area contributed by atoms with E-state index in [4.69, 9.17) is 4.74 Å². The van der Waals surface area contributed by atoms with Crippen molar-refractivity contribution >= 4 is 17.2 Å². The minimum Gasteiger partial charge on any atom is -0.379 e. The van der Waals surface area contributed by atoms with Crippen molar-refractivity contribution in [3.05, 3.63) is 96.6 Å². The van der Waals surface area contributed by atoms with E-state index in [1.165, 1.54) is 11.1 Å². The molecule has 1 unspecified atom stereocenters. The number of fused-ring (bicyclic) bond motifs is 1. The first-order chi connectivity index (χ1) is 16.2. The van der Waals surface area contributed by atoms with Crippen molar-refractivity contribution in [2.45, 2.75) is 19.3 Å². The number of ether oxygens (including phenoxy) is 1. The summed E-state index contributed by atoms with van der Waals surface area (Å²) in [4.78, 5) is 17.8. The molecule has 0 aliphatic carbocycles. The van der Waals surface area contributed by atoms with Gasteiger partial charge in [-0.3, -0.25) is 9.69 Å². The van der Waals surface area contributed by atoms with E-state index < -0.39 is 0 Å². The largest absolute Gasteiger partial charge is 0.379 e. The average Bonchev–Trinajstić information content (AvgIpc) is 2.86. The molecule has 4 nitrogen and oxygen atoms in total. The maximum absolute atomic E-state index is 13.3. The number of carbonyl (C=O) groups is 1. The number of anilines is 1. The van der Waals surface area contributed by atoms with Gasteiger partial charge in [-0.05, 0) is 47.1 Å². The topological polar surface area (TPSA) is 32.8 Å². The SMILES string of the molecule is C=C/C=C(\C=C)c1ccc(CCC(=O)N2CC(CN3CCOCC3)Cc3ccccc32)cc1. The molecule has 1 saturated heterocycles. The zero-order chi connectivity index (χ0) is 23.0. The van der Waals surface area contributed by atoms with Crippen LogP contribution in [0.15, 0.2) is 79.9 Å². The average molecular weight is 443 g/mol. The van der Waals surface area contributed by atoms with E-state index in [-0.39, 0.29) is 5.91 Å². The van der Waals surface area contributed by atoms with Crippen LogP contribution in [0.2, 0.25) is 0 Å². The second-order valence-electron chi connectivity index (χ2n) is 8.87. The quantitative estimate of drug-likeness (QED) is 0.545. The van der Waals surface area contributed by atoms with Crippen molar-refractivity contribution in [2.75, 3.05) is 44.3 Å². The summed E-state index contributed by atoms with van der Waals surface area (Å²) >= 11 is 0. The van der Waals surface area contributed by atoms with Gasteiger partial charge in [0.2, 0.25) is 5.91 Å². The van der Waals surface area contributed by atoms with Gasteiger partial charge in [-0.2, -0.15) is 0 Å². The third-order valence-electron chi connectivity index (χ3n) is 6.59. The highest BCUT2D eigenvalue weighted by Gasteiger charge is 2.29. The standard InChI is InChI=1S/C29H34N2O2/c1-3-7-25(4-2)26-13-10-23(11-14-26)12-15-29(32)31-22-24(21-30-16-18-33-19-17-30)20-27-8-5-6-9-28(27)31/h3-11,13-14,24H,1-2,12,15-22H2/b25-7+. The van der Waals surface area contributed by atoms with Crippen molar-refractivity contribution in [2.24, 2.45) is 5.92 Å². The van der Waals surface area contributed by atoms with Crippen molar-refractivity contribution in [1.29, 1.82) is 0 Å². The number of amides is 1. The molecule has 1 atom stereocenters. The maximum atomic E-state index is 13.3. The molecule has 1 fully saturated rings. The van der Waals surface area contributed by atoms with Crippen molar-refractivity contribution in [3.63, 3.8) is 0 Å². The molecule has 0 bridgehead atoms. The number of allylic oxidation sites excluding steroid dienone is 4. The lowest BCUT2D eigenvalue weighted by molar-refractivity contribution is -0.118. The third kappa shape index (κ3) is 5.89. The van der Waals surface area contributed by atoms with Crippen LogP contribution >= 0.6 is 0 Å². The molecule has 4 heteroatoms. The van der Waals surface area contributed by atoms with E-state index in [0.717, 1.165) is 69.1 Å². The number of hydrogen-bond donors (Lipinski definition) is 0. The number of para-hydroxylation sites is 1. The Morgan fingerprint density at radius 1 is 1.06 bits per heavy atom. The Kier molecular flexibility index (Phi) is 7.92. The summed E-state index contributed by atoms with van der Waals surface area (Å²) in [6.07, 6.45) is 7.83. The predicted molar refractivity (Wildman–Crippen MR) is 136 cm³/mol. The first kappa shape index (κ1) is 23.2. The molecule has 2 aromatic carbocycles. The highest BCUT2D eigenvalue weighted by molar-refractivity contribution is 5.94. The van der Waals surface area contributed by atoms with Gasteiger partial charge in [0.15, 0.2) is 0 Å². The van der Waals surface area contributed by atoms with Crippen LogP contribution in [0.4, 0.5) is 5.69 Å². The van der Waals surface area contributed by atoms with Gasteiger partial charge in [-0.15, -0.1) is 0 Å². The number of rotatable bonds is 8. The Bertz CT molecular complexity index is 1000. The number of hydrogen-bond acceptors (Lipinski definition) is 3. The van der Waals surface area contributed by atoms with Crippen molar-refractivity contribution in [3.8, 4) is 0 Å². The molecule has 1 amide bonds. The van der Waals surface area contributed by atoms with Gasteiger partial charge in [-0.25, -0.2) is 0 Å². The van der Waals surface area contributed by atoms with Gasteiger partial charge < -0.3 is 9.64 Å². The molecule has 0 radical (unpaired) electrons. The van der Waals surface area contributed by atoms with Crippen LogP contribution in [0, 0.1) is 5.92 Å². The molecule has 2 aromatic rings. The minimum atomic E-state index is 0.205. The monoisotopic (exact) mass is 442 g/mol. The molecule has 172 valence electrons. The van der Waals surface area contributed by atoms with Gasteiger partial charge >= 0.3 is 0 Å². The number of nitrogens with zero attached hydrogens (tertiary/aromatic N) is 2. The molecule has 0 aromatic heterocycles. The van der Waals surface area contributed by atoms with E-state index in [0.29, 0.717) is 12.3 Å². The Labute approximate surface area is 197 Å². The molecule has 0 saturated carbocycles. The molecule has 2 aliphatic heterocycles. The highest BCUT2D eigenvalue weighted by Crippen LogP contribution is 2.31. The smallest absolute Gasteiger partial charge is 0.227 e. The van der Waals surface area contributed by atoms with E-state index >= 15 is 0 Å². The fourth-order valence-corrected chi connectivity index (χ4v) is 4.85. The van der Waals surface area contributed by atoms with Gasteiger partial charge in [0.1, 0.15) is 0 Å². The summed E-state index contributed by atoms with van der Waals surface area (Å²) in [5.41, 5.74) is 5.69. The van der Waals surface area contributed by atoms with Crippen LogP contribution in [0.1, 0.15) is 23.1 Å². The summed E-state index contributed by atoms with van der Waals surface area (Å²) in [7, 11) is 0. The molecule has 0 spiro atoms. The Morgan fingerprint density at radius 3 is 2.55 bits per heavy atom. The molecular formula is C29H34N2O2.